The van der Waals surface area contributed by atoms with Crippen LogP contribution in [-0.2, 0) is 29.3 Å². The Morgan fingerprint density at radius 3 is 2.76 bits per heavy atom. The number of ether oxygens (including phenoxy) is 2. The van der Waals surface area contributed by atoms with Gasteiger partial charge in [-0.2, -0.15) is 5.26 Å². The first kappa shape index (κ1) is 20.6. The quantitative estimate of drug-likeness (QED) is 0.710. The number of amides is 1. The summed E-state index contributed by atoms with van der Waals surface area (Å²) in [5.41, 5.74) is 5.09. The number of Topliss-reactive ketones (excluding diaryl/α,β-unsaturated/α-hetero) is 1. The highest BCUT2D eigenvalue weighted by Crippen LogP contribution is 2.56. The van der Waals surface area contributed by atoms with Gasteiger partial charge < -0.3 is 19.6 Å². The lowest BCUT2D eigenvalue weighted by molar-refractivity contribution is -0.140. The number of allylic oxidation sites excluding steroid dienone is 1. The molecule has 0 unspecified atom stereocenters. The first-order chi connectivity index (χ1) is 15.9. The third kappa shape index (κ3) is 2.74. The number of para-hydroxylation sites is 1. The van der Waals surface area contributed by atoms with Crippen LogP contribution in [0.5, 0.6) is 0 Å². The third-order valence-corrected chi connectivity index (χ3v) is 6.39. The summed E-state index contributed by atoms with van der Waals surface area (Å²) in [6, 6.07) is 12.2. The molecular formula is C24H19N3O6. The Balaban J connectivity index is 1.74. The minimum Gasteiger partial charge on any atom is -0.469 e. The van der Waals surface area contributed by atoms with Gasteiger partial charge in [0, 0.05) is 30.0 Å². The Morgan fingerprint density at radius 2 is 2.06 bits per heavy atom. The molecule has 1 aliphatic carbocycles. The molecule has 2 N–H and O–H groups in total. The van der Waals surface area contributed by atoms with Crippen molar-refractivity contribution in [1.29, 1.82) is 5.26 Å². The minimum absolute atomic E-state index is 0.0719. The Morgan fingerprint density at radius 1 is 1.27 bits per heavy atom. The second-order valence-electron chi connectivity index (χ2n) is 8.03. The molecule has 3 aliphatic rings. The lowest BCUT2D eigenvalue weighted by Gasteiger charge is -2.39. The van der Waals surface area contributed by atoms with E-state index in [9.17, 15) is 19.6 Å². The molecule has 1 aromatic heterocycles. The molecule has 1 spiro atoms. The molecule has 9 heteroatoms. The van der Waals surface area contributed by atoms with Crippen LogP contribution in [0.4, 0.5) is 5.69 Å². The molecule has 2 aromatic rings. The molecule has 3 heterocycles. The first-order valence-corrected chi connectivity index (χ1v) is 10.3. The average Bonchev–Trinajstić information content (AvgIpc) is 3.42. The van der Waals surface area contributed by atoms with E-state index < -0.39 is 17.3 Å². The summed E-state index contributed by atoms with van der Waals surface area (Å²) in [6.07, 6.45) is 1.86. The molecule has 0 saturated heterocycles. The summed E-state index contributed by atoms with van der Waals surface area (Å²) in [4.78, 5) is 41.0. The van der Waals surface area contributed by atoms with Crippen LogP contribution in [0.1, 0.15) is 30.1 Å². The van der Waals surface area contributed by atoms with Crippen LogP contribution in [-0.4, -0.2) is 31.3 Å². The fraction of sp³-hybridized carbons (Fsp3) is 0.250. The van der Waals surface area contributed by atoms with E-state index in [4.69, 9.17) is 19.6 Å². The number of hydrogen-bond donors (Lipinski definition) is 1. The van der Waals surface area contributed by atoms with Crippen molar-refractivity contribution in [2.75, 3.05) is 18.6 Å². The molecular weight excluding hydrogens is 426 g/mol. The number of nitrogens with zero attached hydrogens (tertiary/aromatic N) is 2. The lowest BCUT2D eigenvalue weighted by atomic mass is 9.64. The van der Waals surface area contributed by atoms with E-state index in [0.29, 0.717) is 17.0 Å². The van der Waals surface area contributed by atoms with E-state index in [-0.39, 0.29) is 53.9 Å². The van der Waals surface area contributed by atoms with Crippen LogP contribution in [0.15, 0.2) is 69.9 Å². The SMILES string of the molecule is COC(=O)CN1C(=O)[C@]2(C(C#N)=C(N)OC3=C2C(=O)C[C@H](c2ccco2)C3)c2ccccc21. The Kier molecular flexibility index (Phi) is 4.60. The molecule has 1 aromatic carbocycles. The predicted molar refractivity (Wildman–Crippen MR) is 113 cm³/mol. The highest BCUT2D eigenvalue weighted by molar-refractivity contribution is 6.21. The summed E-state index contributed by atoms with van der Waals surface area (Å²) < 4.78 is 16.0. The van der Waals surface area contributed by atoms with Crippen LogP contribution >= 0.6 is 0 Å². The zero-order chi connectivity index (χ0) is 23.3. The minimum atomic E-state index is -1.79. The maximum Gasteiger partial charge on any atom is 0.325 e. The number of nitriles is 1. The molecule has 166 valence electrons. The van der Waals surface area contributed by atoms with E-state index in [0.717, 1.165) is 0 Å². The number of rotatable bonds is 3. The van der Waals surface area contributed by atoms with Gasteiger partial charge in [0.1, 0.15) is 35.1 Å². The number of carbonyl (C=O) groups excluding carboxylic acids is 3. The van der Waals surface area contributed by atoms with Crippen molar-refractivity contribution >= 4 is 23.3 Å². The molecule has 2 atom stereocenters. The number of furan rings is 1. The van der Waals surface area contributed by atoms with Crippen molar-refractivity contribution in [2.24, 2.45) is 5.73 Å². The molecule has 0 fully saturated rings. The van der Waals surface area contributed by atoms with Crippen LogP contribution in [0.25, 0.3) is 0 Å². The van der Waals surface area contributed by atoms with Gasteiger partial charge in [0.15, 0.2) is 5.78 Å². The van der Waals surface area contributed by atoms with Crippen LogP contribution in [0, 0.1) is 11.3 Å². The number of benzene rings is 1. The standard InChI is InChI=1S/C24H19N3O6/c1-31-20(29)12-27-16-6-3-2-5-14(16)24(23(27)30)15(11-25)22(26)33-19-10-13(9-17(28)21(19)24)18-7-4-8-32-18/h2-8,13H,9-10,12,26H2,1H3/t13-,24-/m0/s1. The fourth-order valence-corrected chi connectivity index (χ4v) is 5.03. The number of fused-ring (bicyclic) bond motifs is 3. The summed E-state index contributed by atoms with van der Waals surface area (Å²) in [7, 11) is 1.22. The van der Waals surface area contributed by atoms with Gasteiger partial charge in [-0.05, 0) is 18.2 Å². The number of anilines is 1. The first-order valence-electron chi connectivity index (χ1n) is 10.3. The van der Waals surface area contributed by atoms with Gasteiger partial charge in [-0.1, -0.05) is 18.2 Å². The summed E-state index contributed by atoms with van der Waals surface area (Å²) in [5.74, 6) is -1.29. The Hall–Kier alpha value is -4.32. The second kappa shape index (κ2) is 7.38. The van der Waals surface area contributed by atoms with Gasteiger partial charge in [0.25, 0.3) is 0 Å². The molecule has 1 amide bonds. The number of nitrogens with two attached hydrogens (primary N) is 1. The van der Waals surface area contributed by atoms with E-state index in [1.807, 2.05) is 6.07 Å². The third-order valence-electron chi connectivity index (χ3n) is 6.39. The van der Waals surface area contributed by atoms with Gasteiger partial charge in [0.05, 0.1) is 18.9 Å². The number of methoxy groups -OCH3 is 1. The van der Waals surface area contributed by atoms with E-state index in [1.165, 1.54) is 18.3 Å². The highest BCUT2D eigenvalue weighted by Gasteiger charge is 2.62. The van der Waals surface area contributed by atoms with Gasteiger partial charge in [-0.25, -0.2) is 0 Å². The van der Waals surface area contributed by atoms with Crippen molar-refractivity contribution in [3.8, 4) is 6.07 Å². The zero-order valence-corrected chi connectivity index (χ0v) is 17.7. The van der Waals surface area contributed by atoms with E-state index >= 15 is 0 Å². The normalized spacial score (nSPS) is 23.9. The highest BCUT2D eigenvalue weighted by atomic mass is 16.5. The van der Waals surface area contributed by atoms with Crippen molar-refractivity contribution in [3.63, 3.8) is 0 Å². The predicted octanol–water partition coefficient (Wildman–Crippen LogP) is 2.16. The maximum atomic E-state index is 14.0. The van der Waals surface area contributed by atoms with Crippen molar-refractivity contribution in [3.05, 3.63) is 76.8 Å². The Labute approximate surface area is 188 Å². The van der Waals surface area contributed by atoms with E-state index in [1.54, 1.807) is 36.4 Å². The molecule has 5 rings (SSSR count). The summed E-state index contributed by atoms with van der Waals surface area (Å²) >= 11 is 0. The number of hydrogen-bond acceptors (Lipinski definition) is 8. The average molecular weight is 445 g/mol. The van der Waals surface area contributed by atoms with Gasteiger partial charge in [0.2, 0.25) is 11.8 Å². The molecule has 33 heavy (non-hydrogen) atoms. The summed E-state index contributed by atoms with van der Waals surface area (Å²) in [5, 5.41) is 10.0. The van der Waals surface area contributed by atoms with Gasteiger partial charge >= 0.3 is 5.97 Å². The topological polar surface area (TPSA) is 136 Å². The second-order valence-corrected chi connectivity index (χ2v) is 8.03. The van der Waals surface area contributed by atoms with Crippen molar-refractivity contribution in [1.82, 2.24) is 0 Å². The smallest absolute Gasteiger partial charge is 0.325 e. The van der Waals surface area contributed by atoms with Crippen molar-refractivity contribution < 1.29 is 28.3 Å². The monoisotopic (exact) mass is 445 g/mol. The van der Waals surface area contributed by atoms with Gasteiger partial charge in [-0.15, -0.1) is 0 Å². The molecule has 9 nitrogen and oxygen atoms in total. The van der Waals surface area contributed by atoms with Gasteiger partial charge in [-0.3, -0.25) is 19.3 Å². The fourth-order valence-electron chi connectivity index (χ4n) is 5.03. The van der Waals surface area contributed by atoms with Crippen molar-refractivity contribution in [2.45, 2.75) is 24.2 Å². The number of esters is 1. The molecule has 0 radical (unpaired) electrons. The number of ketones is 1. The molecule has 0 bridgehead atoms. The zero-order valence-electron chi connectivity index (χ0n) is 17.7. The lowest BCUT2D eigenvalue weighted by Crippen LogP contribution is -2.50. The van der Waals surface area contributed by atoms with E-state index in [2.05, 4.69) is 0 Å². The Bertz CT molecular complexity index is 1300. The molecule has 0 saturated carbocycles. The maximum absolute atomic E-state index is 14.0. The summed E-state index contributed by atoms with van der Waals surface area (Å²) in [6.45, 7) is -0.376. The largest absolute Gasteiger partial charge is 0.469 e. The number of carbonyl (C=O) groups is 3. The van der Waals surface area contributed by atoms with Crippen LogP contribution < -0.4 is 10.6 Å². The molecule has 2 aliphatic heterocycles. The van der Waals surface area contributed by atoms with Crippen LogP contribution in [0.2, 0.25) is 0 Å². The van der Waals surface area contributed by atoms with Crippen LogP contribution in [0.3, 0.4) is 0 Å².